The first kappa shape index (κ1) is 18.5. The molecule has 1 fully saturated rings. The van der Waals surface area contributed by atoms with E-state index in [1.807, 2.05) is 18.2 Å². The lowest BCUT2D eigenvalue weighted by molar-refractivity contribution is 0.415. The number of guanidine groups is 1. The van der Waals surface area contributed by atoms with Gasteiger partial charge in [0.2, 0.25) is 0 Å². The number of nitrogens with zero attached hydrogens (tertiary/aromatic N) is 2. The number of nitrogens with one attached hydrogen (secondary N) is 1. The fraction of sp³-hybridized carbons (Fsp3) is 0.263. The van der Waals surface area contributed by atoms with Crippen LogP contribution in [-0.2, 0) is 0 Å². The van der Waals surface area contributed by atoms with Crippen molar-refractivity contribution in [3.8, 4) is 16.9 Å². The number of halogens is 2. The number of hydrogen-bond donors (Lipinski definition) is 2. The lowest BCUT2D eigenvalue weighted by Gasteiger charge is -2.15. The van der Waals surface area contributed by atoms with Crippen molar-refractivity contribution in [2.45, 2.75) is 18.8 Å². The molecule has 0 saturated heterocycles. The Morgan fingerprint density at radius 3 is 2.65 bits per heavy atom. The molecule has 0 bridgehead atoms. The van der Waals surface area contributed by atoms with Crippen LogP contribution in [0.3, 0.4) is 0 Å². The Balaban J connectivity index is 2.06. The highest BCUT2D eigenvalue weighted by atomic mass is 35.5. The van der Waals surface area contributed by atoms with Crippen molar-refractivity contribution in [2.24, 2.45) is 15.7 Å². The van der Waals surface area contributed by atoms with Gasteiger partial charge in [-0.2, -0.15) is 0 Å². The SMILES string of the molecule is CN=CN=C(N)Nc1cc(-c2ccc(OC)cc2Cl)cc(C2CC2)c1Cl. The number of benzene rings is 2. The molecule has 0 unspecified atom stereocenters. The van der Waals surface area contributed by atoms with Crippen LogP contribution in [0.1, 0.15) is 24.3 Å². The molecule has 1 aliphatic carbocycles. The summed E-state index contributed by atoms with van der Waals surface area (Å²) < 4.78 is 5.23. The van der Waals surface area contributed by atoms with Crippen LogP contribution in [0.15, 0.2) is 40.3 Å². The smallest absolute Gasteiger partial charge is 0.199 e. The van der Waals surface area contributed by atoms with E-state index in [2.05, 4.69) is 21.4 Å². The van der Waals surface area contributed by atoms with E-state index >= 15 is 0 Å². The van der Waals surface area contributed by atoms with Gasteiger partial charge >= 0.3 is 0 Å². The second-order valence-electron chi connectivity index (χ2n) is 6.06. The van der Waals surface area contributed by atoms with Gasteiger partial charge in [-0.1, -0.05) is 23.2 Å². The van der Waals surface area contributed by atoms with E-state index in [4.69, 9.17) is 33.7 Å². The average Bonchev–Trinajstić information content (AvgIpc) is 3.46. The lowest BCUT2D eigenvalue weighted by Crippen LogP contribution is -2.22. The van der Waals surface area contributed by atoms with Crippen LogP contribution in [0, 0.1) is 0 Å². The topological polar surface area (TPSA) is 72.0 Å². The van der Waals surface area contributed by atoms with Gasteiger partial charge < -0.3 is 15.8 Å². The molecule has 0 radical (unpaired) electrons. The molecule has 5 nitrogen and oxygen atoms in total. The molecule has 0 spiro atoms. The zero-order valence-corrected chi connectivity index (χ0v) is 16.1. The Labute approximate surface area is 162 Å². The fourth-order valence-electron chi connectivity index (χ4n) is 2.73. The molecule has 0 aliphatic heterocycles. The van der Waals surface area contributed by atoms with Gasteiger partial charge in [-0.25, -0.2) is 4.99 Å². The third-order valence-corrected chi connectivity index (χ3v) is 4.91. The van der Waals surface area contributed by atoms with E-state index in [1.165, 1.54) is 6.34 Å². The van der Waals surface area contributed by atoms with Crippen LogP contribution < -0.4 is 15.8 Å². The van der Waals surface area contributed by atoms with Crippen LogP contribution in [0.4, 0.5) is 5.69 Å². The van der Waals surface area contributed by atoms with Crippen molar-refractivity contribution in [1.82, 2.24) is 0 Å². The zero-order chi connectivity index (χ0) is 18.7. The fourth-order valence-corrected chi connectivity index (χ4v) is 3.32. The number of aliphatic imine (C=N–C) groups is 2. The first-order valence-electron chi connectivity index (χ1n) is 8.21. The van der Waals surface area contributed by atoms with Gasteiger partial charge in [0.25, 0.3) is 0 Å². The van der Waals surface area contributed by atoms with Gasteiger partial charge in [0.05, 0.1) is 22.8 Å². The molecule has 0 aromatic heterocycles. The van der Waals surface area contributed by atoms with Gasteiger partial charge in [0.15, 0.2) is 5.96 Å². The van der Waals surface area contributed by atoms with Crippen molar-refractivity contribution < 1.29 is 4.74 Å². The van der Waals surface area contributed by atoms with Gasteiger partial charge in [0, 0.05) is 12.6 Å². The van der Waals surface area contributed by atoms with Gasteiger partial charge in [-0.15, -0.1) is 0 Å². The third-order valence-electron chi connectivity index (χ3n) is 4.18. The van der Waals surface area contributed by atoms with E-state index < -0.39 is 0 Å². The number of rotatable bonds is 5. The number of hydrogen-bond acceptors (Lipinski definition) is 2. The number of anilines is 1. The van der Waals surface area contributed by atoms with Crippen LogP contribution in [0.2, 0.25) is 10.0 Å². The largest absolute Gasteiger partial charge is 0.497 e. The quantitative estimate of drug-likeness (QED) is 0.561. The van der Waals surface area contributed by atoms with E-state index in [0.29, 0.717) is 27.4 Å². The summed E-state index contributed by atoms with van der Waals surface area (Å²) >= 11 is 13.1. The molecular weight excluding hydrogens is 371 g/mol. The van der Waals surface area contributed by atoms with Crippen molar-refractivity contribution in [3.63, 3.8) is 0 Å². The van der Waals surface area contributed by atoms with Gasteiger partial charge in [-0.3, -0.25) is 4.99 Å². The number of methoxy groups -OCH3 is 1. The first-order valence-corrected chi connectivity index (χ1v) is 8.97. The summed E-state index contributed by atoms with van der Waals surface area (Å²) in [5.74, 6) is 1.40. The highest BCUT2D eigenvalue weighted by molar-refractivity contribution is 6.35. The third kappa shape index (κ3) is 4.11. The van der Waals surface area contributed by atoms with Crippen molar-refractivity contribution in [2.75, 3.05) is 19.5 Å². The molecule has 0 amide bonds. The molecule has 0 heterocycles. The van der Waals surface area contributed by atoms with E-state index in [1.54, 1.807) is 20.2 Å². The Morgan fingerprint density at radius 1 is 1.27 bits per heavy atom. The summed E-state index contributed by atoms with van der Waals surface area (Å²) in [7, 11) is 3.24. The lowest BCUT2D eigenvalue weighted by atomic mass is 9.99. The molecule has 7 heteroatoms. The first-order chi connectivity index (χ1) is 12.5. The molecule has 136 valence electrons. The molecule has 0 atom stereocenters. The second kappa shape index (κ2) is 7.98. The summed E-state index contributed by atoms with van der Waals surface area (Å²) in [6, 6.07) is 9.63. The standard InChI is InChI=1S/C19H20Cl2N4O/c1-23-10-24-19(22)25-17-8-12(7-15(18(17)21)11-3-4-11)14-6-5-13(26-2)9-16(14)20/h5-11H,3-4H2,1-2H3,(H3,22,23,24,25). The molecule has 3 N–H and O–H groups in total. The average molecular weight is 391 g/mol. The molecule has 2 aromatic carbocycles. The molecule has 1 saturated carbocycles. The Kier molecular flexibility index (Phi) is 5.69. The van der Waals surface area contributed by atoms with Crippen LogP contribution in [0.5, 0.6) is 5.75 Å². The molecule has 2 aromatic rings. The van der Waals surface area contributed by atoms with Crippen molar-refractivity contribution in [1.29, 1.82) is 0 Å². The molecule has 1 aliphatic rings. The monoisotopic (exact) mass is 390 g/mol. The van der Waals surface area contributed by atoms with Crippen molar-refractivity contribution >= 4 is 41.2 Å². The maximum absolute atomic E-state index is 6.61. The highest BCUT2D eigenvalue weighted by Crippen LogP contribution is 2.47. The highest BCUT2D eigenvalue weighted by Gasteiger charge is 2.28. The molecular formula is C19H20Cl2N4O. The maximum atomic E-state index is 6.61. The minimum absolute atomic E-state index is 0.220. The summed E-state index contributed by atoms with van der Waals surface area (Å²) in [5.41, 5.74) is 9.56. The maximum Gasteiger partial charge on any atom is 0.199 e. The normalized spacial score (nSPS) is 14.7. The predicted octanol–water partition coefficient (Wildman–Crippen LogP) is 4.93. The Hall–Kier alpha value is -2.24. The van der Waals surface area contributed by atoms with Crippen LogP contribution >= 0.6 is 23.2 Å². The van der Waals surface area contributed by atoms with E-state index in [0.717, 1.165) is 29.5 Å². The summed E-state index contributed by atoms with van der Waals surface area (Å²) in [6.07, 6.45) is 3.64. The number of nitrogens with two attached hydrogens (primary N) is 1. The summed E-state index contributed by atoms with van der Waals surface area (Å²) in [6.45, 7) is 0. The predicted molar refractivity (Wildman–Crippen MR) is 110 cm³/mol. The van der Waals surface area contributed by atoms with Gasteiger partial charge in [0.1, 0.15) is 12.1 Å². The van der Waals surface area contributed by atoms with E-state index in [9.17, 15) is 0 Å². The molecule has 26 heavy (non-hydrogen) atoms. The Bertz CT molecular complexity index is 876. The zero-order valence-electron chi connectivity index (χ0n) is 14.6. The summed E-state index contributed by atoms with van der Waals surface area (Å²) in [5, 5.41) is 4.33. The van der Waals surface area contributed by atoms with Gasteiger partial charge in [-0.05, 0) is 60.2 Å². The second-order valence-corrected chi connectivity index (χ2v) is 6.85. The minimum atomic E-state index is 0.220. The van der Waals surface area contributed by atoms with Crippen molar-refractivity contribution in [3.05, 3.63) is 45.9 Å². The summed E-state index contributed by atoms with van der Waals surface area (Å²) in [4.78, 5) is 7.80. The van der Waals surface area contributed by atoms with Crippen LogP contribution in [-0.4, -0.2) is 26.5 Å². The molecule has 3 rings (SSSR count). The van der Waals surface area contributed by atoms with Crippen LogP contribution in [0.25, 0.3) is 11.1 Å². The van der Waals surface area contributed by atoms with E-state index in [-0.39, 0.29) is 5.96 Å². The Morgan fingerprint density at radius 2 is 2.04 bits per heavy atom. The number of ether oxygens (including phenoxy) is 1. The minimum Gasteiger partial charge on any atom is -0.497 e.